The van der Waals surface area contributed by atoms with Crippen LogP contribution in [0.3, 0.4) is 0 Å². The Bertz CT molecular complexity index is 797. The summed E-state index contributed by atoms with van der Waals surface area (Å²) in [5.74, 6) is 1.31. The summed E-state index contributed by atoms with van der Waals surface area (Å²) in [6, 6.07) is 18.1. The number of halogens is 1. The summed E-state index contributed by atoms with van der Waals surface area (Å²) in [7, 11) is 2.22. The van der Waals surface area contributed by atoms with E-state index >= 15 is 0 Å². The Morgan fingerprint density at radius 2 is 1.93 bits per heavy atom. The van der Waals surface area contributed by atoms with E-state index in [1.54, 1.807) is 0 Å². The van der Waals surface area contributed by atoms with Gasteiger partial charge in [-0.15, -0.1) is 0 Å². The summed E-state index contributed by atoms with van der Waals surface area (Å²) < 4.78 is 0. The van der Waals surface area contributed by atoms with Crippen molar-refractivity contribution in [2.24, 2.45) is 11.8 Å². The molecular formula is C22H26ClN3O. The second-order valence-corrected chi connectivity index (χ2v) is 8.18. The monoisotopic (exact) mass is 383 g/mol. The molecule has 5 heteroatoms. The van der Waals surface area contributed by atoms with Crippen molar-refractivity contribution in [3.05, 3.63) is 70.7 Å². The molecule has 1 amide bonds. The molecule has 1 N–H and O–H groups in total. The third-order valence-corrected chi connectivity index (χ3v) is 6.14. The van der Waals surface area contributed by atoms with Crippen molar-refractivity contribution >= 4 is 17.5 Å². The lowest BCUT2D eigenvalue weighted by atomic mass is 9.90. The van der Waals surface area contributed by atoms with Crippen LogP contribution in [-0.4, -0.2) is 55.5 Å². The van der Waals surface area contributed by atoms with E-state index in [0.717, 1.165) is 36.8 Å². The first-order valence-corrected chi connectivity index (χ1v) is 10.0. The van der Waals surface area contributed by atoms with Gasteiger partial charge in [-0.2, -0.15) is 0 Å². The molecule has 2 aromatic rings. The topological polar surface area (TPSA) is 35.6 Å². The van der Waals surface area contributed by atoms with E-state index in [1.807, 2.05) is 42.5 Å². The number of rotatable bonds is 5. The van der Waals surface area contributed by atoms with Gasteiger partial charge in [0.15, 0.2) is 0 Å². The van der Waals surface area contributed by atoms with E-state index in [9.17, 15) is 4.79 Å². The molecule has 2 aliphatic rings. The maximum Gasteiger partial charge on any atom is 0.251 e. The lowest BCUT2D eigenvalue weighted by Gasteiger charge is -2.27. The molecule has 0 saturated carbocycles. The van der Waals surface area contributed by atoms with E-state index < -0.39 is 0 Å². The second-order valence-electron chi connectivity index (χ2n) is 7.74. The summed E-state index contributed by atoms with van der Waals surface area (Å²) in [6.45, 7) is 4.89. The Morgan fingerprint density at radius 3 is 2.70 bits per heavy atom. The van der Waals surface area contributed by atoms with Crippen LogP contribution >= 0.6 is 11.6 Å². The molecule has 27 heavy (non-hydrogen) atoms. The van der Waals surface area contributed by atoms with Gasteiger partial charge in [0.05, 0.1) is 0 Å². The van der Waals surface area contributed by atoms with Crippen LogP contribution in [0.25, 0.3) is 0 Å². The van der Waals surface area contributed by atoms with Crippen molar-refractivity contribution in [1.82, 2.24) is 15.1 Å². The van der Waals surface area contributed by atoms with Crippen molar-refractivity contribution in [2.45, 2.75) is 6.04 Å². The zero-order valence-corrected chi connectivity index (χ0v) is 16.4. The predicted octanol–water partition coefficient (Wildman–Crippen LogP) is 3.30. The molecule has 0 radical (unpaired) electrons. The highest BCUT2D eigenvalue weighted by Crippen LogP contribution is 2.44. The molecule has 3 unspecified atom stereocenters. The first-order chi connectivity index (χ1) is 13.1. The van der Waals surface area contributed by atoms with E-state index in [2.05, 4.69) is 34.3 Å². The minimum Gasteiger partial charge on any atom is -0.351 e. The number of fused-ring (bicyclic) bond motifs is 1. The average Bonchev–Trinajstić information content (AvgIpc) is 3.18. The number of likely N-dealkylation sites (tertiary alicyclic amines) is 2. The molecule has 4 rings (SSSR count). The van der Waals surface area contributed by atoms with Crippen LogP contribution in [0, 0.1) is 11.8 Å². The number of nitrogens with one attached hydrogen (secondary N) is 1. The van der Waals surface area contributed by atoms with Gasteiger partial charge >= 0.3 is 0 Å². The van der Waals surface area contributed by atoms with Crippen LogP contribution in [0.1, 0.15) is 22.0 Å². The van der Waals surface area contributed by atoms with Crippen molar-refractivity contribution in [1.29, 1.82) is 0 Å². The third-order valence-electron chi connectivity index (χ3n) is 5.91. The van der Waals surface area contributed by atoms with Gasteiger partial charge in [0, 0.05) is 49.4 Å². The molecule has 2 fully saturated rings. The molecule has 4 nitrogen and oxygen atoms in total. The summed E-state index contributed by atoms with van der Waals surface area (Å²) in [6.07, 6.45) is 0. The molecule has 3 atom stereocenters. The van der Waals surface area contributed by atoms with Crippen LogP contribution in [0.4, 0.5) is 0 Å². The molecule has 2 aromatic carbocycles. The fourth-order valence-corrected chi connectivity index (χ4v) is 4.94. The predicted molar refractivity (Wildman–Crippen MR) is 109 cm³/mol. The number of amides is 1. The molecule has 2 aliphatic heterocycles. The van der Waals surface area contributed by atoms with Gasteiger partial charge < -0.3 is 10.2 Å². The van der Waals surface area contributed by atoms with Gasteiger partial charge in [0.1, 0.15) is 0 Å². The maximum absolute atomic E-state index is 12.2. The minimum absolute atomic E-state index is 0.00604. The smallest absolute Gasteiger partial charge is 0.251 e. The van der Waals surface area contributed by atoms with Crippen LogP contribution in [0.2, 0.25) is 5.02 Å². The molecule has 0 aliphatic carbocycles. The molecule has 0 aromatic heterocycles. The average molecular weight is 384 g/mol. The van der Waals surface area contributed by atoms with E-state index in [1.165, 1.54) is 5.56 Å². The first-order valence-electron chi connectivity index (χ1n) is 9.63. The highest BCUT2D eigenvalue weighted by molar-refractivity contribution is 6.30. The summed E-state index contributed by atoms with van der Waals surface area (Å²) in [5, 5.41) is 3.85. The molecule has 2 saturated heterocycles. The number of benzene rings is 2. The molecule has 0 bridgehead atoms. The van der Waals surface area contributed by atoms with Gasteiger partial charge in [0.25, 0.3) is 5.91 Å². The van der Waals surface area contributed by atoms with Gasteiger partial charge in [0.2, 0.25) is 0 Å². The fraction of sp³-hybridized carbons (Fsp3) is 0.409. The van der Waals surface area contributed by atoms with Crippen LogP contribution in [0.15, 0.2) is 54.6 Å². The Balaban J connectivity index is 1.33. The number of nitrogens with zero attached hydrogens (tertiary/aromatic N) is 2. The highest BCUT2D eigenvalue weighted by Gasteiger charge is 2.45. The Labute approximate surface area is 166 Å². The first kappa shape index (κ1) is 18.5. The fourth-order valence-electron chi connectivity index (χ4n) is 4.74. The number of carbonyl (C=O) groups is 1. The summed E-state index contributed by atoms with van der Waals surface area (Å²) in [5.41, 5.74) is 2.04. The standard InChI is InChI=1S/C22H26ClN3O/c1-25-13-18-14-26(11-10-24-22(27)16-6-3-2-4-7-16)15-20(18)21(25)17-8-5-9-19(23)12-17/h2-9,12,18,20-21H,10-11,13-15H2,1H3,(H,24,27). The Morgan fingerprint density at radius 1 is 1.11 bits per heavy atom. The lowest BCUT2D eigenvalue weighted by molar-refractivity contribution is 0.0949. The zero-order valence-electron chi connectivity index (χ0n) is 15.6. The van der Waals surface area contributed by atoms with Gasteiger partial charge in [-0.05, 0) is 48.7 Å². The van der Waals surface area contributed by atoms with Crippen molar-refractivity contribution in [3.63, 3.8) is 0 Å². The van der Waals surface area contributed by atoms with E-state index in [-0.39, 0.29) is 5.91 Å². The molecule has 142 valence electrons. The Kier molecular flexibility index (Phi) is 5.48. The van der Waals surface area contributed by atoms with Gasteiger partial charge in [-0.3, -0.25) is 9.69 Å². The van der Waals surface area contributed by atoms with Gasteiger partial charge in [-0.1, -0.05) is 41.9 Å². The van der Waals surface area contributed by atoms with Crippen molar-refractivity contribution < 1.29 is 4.79 Å². The van der Waals surface area contributed by atoms with Crippen LogP contribution in [0.5, 0.6) is 0 Å². The summed E-state index contributed by atoms with van der Waals surface area (Å²) in [4.78, 5) is 17.1. The molecule has 0 spiro atoms. The summed E-state index contributed by atoms with van der Waals surface area (Å²) >= 11 is 6.22. The normalized spacial score (nSPS) is 25.5. The quantitative estimate of drug-likeness (QED) is 0.860. The van der Waals surface area contributed by atoms with Crippen LogP contribution < -0.4 is 5.32 Å². The zero-order chi connectivity index (χ0) is 18.8. The second kappa shape index (κ2) is 8.01. The lowest BCUT2D eigenvalue weighted by Crippen LogP contribution is -2.36. The van der Waals surface area contributed by atoms with Crippen molar-refractivity contribution in [3.8, 4) is 0 Å². The highest BCUT2D eigenvalue weighted by atomic mass is 35.5. The van der Waals surface area contributed by atoms with Crippen molar-refractivity contribution in [2.75, 3.05) is 39.8 Å². The van der Waals surface area contributed by atoms with E-state index in [4.69, 9.17) is 11.6 Å². The molecule has 2 heterocycles. The van der Waals surface area contributed by atoms with E-state index in [0.29, 0.717) is 24.4 Å². The number of carbonyl (C=O) groups excluding carboxylic acids is 1. The molecular weight excluding hydrogens is 358 g/mol. The van der Waals surface area contributed by atoms with Crippen LogP contribution in [-0.2, 0) is 0 Å². The Hall–Kier alpha value is -1.88. The number of hydrogen-bond acceptors (Lipinski definition) is 3. The van der Waals surface area contributed by atoms with Gasteiger partial charge in [-0.25, -0.2) is 0 Å². The largest absolute Gasteiger partial charge is 0.351 e. The maximum atomic E-state index is 12.2. The third kappa shape index (κ3) is 4.03. The SMILES string of the molecule is CN1CC2CN(CCNC(=O)c3ccccc3)CC2C1c1cccc(Cl)c1. The number of hydrogen-bond donors (Lipinski definition) is 1. The minimum atomic E-state index is 0.00604.